The van der Waals surface area contributed by atoms with Gasteiger partial charge in [0.1, 0.15) is 11.5 Å². The molecular weight excluding hydrogens is 540 g/mol. The summed E-state index contributed by atoms with van der Waals surface area (Å²) in [7, 11) is 2.20. The number of furan rings is 1. The number of carboxylic acids is 2. The Morgan fingerprint density at radius 1 is 1.10 bits per heavy atom. The maximum absolute atomic E-state index is 10.6. The molecule has 9 nitrogen and oxygen atoms in total. The van der Waals surface area contributed by atoms with Gasteiger partial charge in [-0.1, -0.05) is 6.07 Å². The number of rotatable bonds is 5. The zero-order valence-corrected chi connectivity index (χ0v) is 21.1. The fourth-order valence-corrected chi connectivity index (χ4v) is 4.26. The predicted octanol–water partition coefficient (Wildman–Crippen LogP) is 4.11. The Hall–Kier alpha value is -3.17. The van der Waals surface area contributed by atoms with E-state index in [1.165, 1.54) is 12.0 Å². The van der Waals surface area contributed by atoms with Crippen LogP contribution in [0.5, 0.6) is 0 Å². The van der Waals surface area contributed by atoms with Gasteiger partial charge < -0.3 is 19.4 Å². The maximum Gasteiger partial charge on any atom is 0.490 e. The number of carbonyl (C=O) groups is 2. The molecule has 2 N–H and O–H groups in total. The molecule has 2 saturated heterocycles. The fourth-order valence-electron chi connectivity index (χ4n) is 4.26. The van der Waals surface area contributed by atoms with E-state index in [9.17, 15) is 26.3 Å². The zero-order valence-electron chi connectivity index (χ0n) is 21.1. The smallest absolute Gasteiger partial charge is 0.475 e. The van der Waals surface area contributed by atoms with Crippen LogP contribution in [0.15, 0.2) is 41.1 Å². The van der Waals surface area contributed by atoms with E-state index in [2.05, 4.69) is 34.0 Å². The Morgan fingerprint density at radius 3 is 2.21 bits per heavy atom. The number of fused-ring (bicyclic) bond motifs is 1. The molecule has 0 saturated carbocycles. The Kier molecular flexibility index (Phi) is 11.3. The number of hydrogen-bond donors (Lipinski definition) is 2. The molecule has 2 aromatic rings. The minimum atomic E-state index is -5.08. The van der Waals surface area contributed by atoms with E-state index in [0.717, 1.165) is 44.2 Å². The molecule has 0 amide bonds. The number of likely N-dealkylation sites (N-methyl/N-ethyl adjacent to an activating group) is 1. The van der Waals surface area contributed by atoms with Crippen LogP contribution in [-0.2, 0) is 27.4 Å². The van der Waals surface area contributed by atoms with E-state index < -0.39 is 24.3 Å². The standard InChI is InChI=1S/C20H27N3O2.2C2HF3O2/c1-15-7-8-17(25-15)13-23-14-19(20-18(23)6-4-10-24-20)22(2)12-16-5-3-9-21-11-16;2*3-2(4,5)1(6)7/h3,5,7-9,11,18-20H,4,6,10,12-14H2,1-2H3;2*(H,6,7)/t18-,19-,20+;;/m1../s1. The van der Waals surface area contributed by atoms with Crippen molar-refractivity contribution in [3.05, 3.63) is 53.7 Å². The number of likely N-dealkylation sites (tertiary alicyclic amines) is 1. The molecule has 3 atom stereocenters. The van der Waals surface area contributed by atoms with Gasteiger partial charge in [0.15, 0.2) is 0 Å². The third kappa shape index (κ3) is 10.1. The van der Waals surface area contributed by atoms with Gasteiger partial charge in [-0.05, 0) is 50.6 Å². The van der Waals surface area contributed by atoms with E-state index in [1.807, 2.05) is 31.5 Å². The summed E-state index contributed by atoms with van der Waals surface area (Å²) in [6, 6.07) is 9.18. The van der Waals surface area contributed by atoms with Crippen LogP contribution < -0.4 is 0 Å². The summed E-state index contributed by atoms with van der Waals surface area (Å²) < 4.78 is 75.5. The van der Waals surface area contributed by atoms with Crippen molar-refractivity contribution in [2.75, 3.05) is 20.2 Å². The van der Waals surface area contributed by atoms with Crippen LogP contribution in [0.1, 0.15) is 29.9 Å². The average molecular weight is 569 g/mol. The molecular formula is C24H29F6N3O6. The van der Waals surface area contributed by atoms with E-state index in [4.69, 9.17) is 29.0 Å². The van der Waals surface area contributed by atoms with Gasteiger partial charge >= 0.3 is 24.3 Å². The quantitative estimate of drug-likeness (QED) is 0.513. The van der Waals surface area contributed by atoms with Gasteiger partial charge in [-0.15, -0.1) is 0 Å². The van der Waals surface area contributed by atoms with Gasteiger partial charge in [-0.2, -0.15) is 26.3 Å². The summed E-state index contributed by atoms with van der Waals surface area (Å²) in [5.74, 6) is -3.48. The van der Waals surface area contributed by atoms with Crippen molar-refractivity contribution >= 4 is 11.9 Å². The molecule has 39 heavy (non-hydrogen) atoms. The molecule has 15 heteroatoms. The van der Waals surface area contributed by atoms with E-state index in [1.54, 1.807) is 0 Å². The summed E-state index contributed by atoms with van der Waals surface area (Å²) in [5, 5.41) is 14.2. The highest BCUT2D eigenvalue weighted by Gasteiger charge is 2.45. The van der Waals surface area contributed by atoms with E-state index in [-0.39, 0.29) is 6.10 Å². The van der Waals surface area contributed by atoms with Gasteiger partial charge in [0.05, 0.1) is 18.7 Å². The van der Waals surface area contributed by atoms with Crippen LogP contribution in [0.3, 0.4) is 0 Å². The molecule has 2 aromatic heterocycles. The lowest BCUT2D eigenvalue weighted by Gasteiger charge is -2.34. The highest BCUT2D eigenvalue weighted by Crippen LogP contribution is 2.33. The summed E-state index contributed by atoms with van der Waals surface area (Å²) in [6.07, 6.45) is -3.75. The zero-order chi connectivity index (χ0) is 29.4. The Morgan fingerprint density at radius 2 is 1.72 bits per heavy atom. The molecule has 4 heterocycles. The van der Waals surface area contributed by atoms with Crippen molar-refractivity contribution in [3.8, 4) is 0 Å². The Bertz CT molecular complexity index is 1040. The average Bonchev–Trinajstić information content (AvgIpc) is 3.43. The number of hydrogen-bond acceptors (Lipinski definition) is 7. The summed E-state index contributed by atoms with van der Waals surface area (Å²) in [5.41, 5.74) is 1.25. The highest BCUT2D eigenvalue weighted by atomic mass is 19.4. The van der Waals surface area contributed by atoms with Crippen LogP contribution >= 0.6 is 0 Å². The van der Waals surface area contributed by atoms with Crippen molar-refractivity contribution in [1.82, 2.24) is 14.8 Å². The minimum Gasteiger partial charge on any atom is -0.475 e. The second kappa shape index (κ2) is 13.8. The van der Waals surface area contributed by atoms with Gasteiger partial charge in [0, 0.05) is 38.1 Å². The van der Waals surface area contributed by atoms with Crippen molar-refractivity contribution in [2.45, 2.75) is 63.4 Å². The number of aryl methyl sites for hydroxylation is 1. The first-order chi connectivity index (χ1) is 18.1. The van der Waals surface area contributed by atoms with Crippen LogP contribution in [0.25, 0.3) is 0 Å². The first-order valence-corrected chi connectivity index (χ1v) is 11.7. The van der Waals surface area contributed by atoms with E-state index >= 15 is 0 Å². The number of pyridine rings is 1. The second-order valence-corrected chi connectivity index (χ2v) is 8.94. The number of carboxylic acid groups (broad SMARTS) is 2. The van der Waals surface area contributed by atoms with Crippen LogP contribution in [0.4, 0.5) is 26.3 Å². The van der Waals surface area contributed by atoms with Crippen molar-refractivity contribution in [3.63, 3.8) is 0 Å². The van der Waals surface area contributed by atoms with Crippen LogP contribution in [0, 0.1) is 6.92 Å². The molecule has 0 radical (unpaired) electrons. The first-order valence-electron chi connectivity index (χ1n) is 11.7. The third-order valence-corrected chi connectivity index (χ3v) is 5.96. The monoisotopic (exact) mass is 569 g/mol. The number of aliphatic carboxylic acids is 2. The molecule has 0 aromatic carbocycles. The summed E-state index contributed by atoms with van der Waals surface area (Å²) in [4.78, 5) is 27.0. The first kappa shape index (κ1) is 32.0. The van der Waals surface area contributed by atoms with Crippen molar-refractivity contribution in [1.29, 1.82) is 0 Å². The van der Waals surface area contributed by atoms with Crippen LogP contribution in [-0.4, -0.2) is 87.7 Å². The molecule has 0 bridgehead atoms. The van der Waals surface area contributed by atoms with Gasteiger partial charge in [-0.3, -0.25) is 14.8 Å². The van der Waals surface area contributed by atoms with Crippen molar-refractivity contribution < 1.29 is 55.3 Å². The number of halogens is 6. The minimum absolute atomic E-state index is 0.284. The lowest BCUT2D eigenvalue weighted by atomic mass is 10.00. The topological polar surface area (TPSA) is 116 Å². The summed E-state index contributed by atoms with van der Waals surface area (Å²) in [6.45, 7) is 5.68. The van der Waals surface area contributed by atoms with E-state index in [0.29, 0.717) is 12.1 Å². The number of alkyl halides is 6. The highest BCUT2D eigenvalue weighted by molar-refractivity contribution is 5.73. The molecule has 0 unspecified atom stereocenters. The summed E-state index contributed by atoms with van der Waals surface area (Å²) >= 11 is 0. The van der Waals surface area contributed by atoms with Gasteiger partial charge in [-0.25, -0.2) is 9.59 Å². The maximum atomic E-state index is 10.6. The third-order valence-electron chi connectivity index (χ3n) is 5.96. The second-order valence-electron chi connectivity index (χ2n) is 8.94. The molecule has 2 aliphatic heterocycles. The number of ether oxygens (including phenoxy) is 1. The lowest BCUT2D eigenvalue weighted by Crippen LogP contribution is -2.46. The van der Waals surface area contributed by atoms with Crippen LogP contribution in [0.2, 0.25) is 0 Å². The molecule has 0 spiro atoms. The number of nitrogens with zero attached hydrogens (tertiary/aromatic N) is 3. The normalized spacial score (nSPS) is 21.3. The molecule has 2 aliphatic rings. The van der Waals surface area contributed by atoms with Crippen molar-refractivity contribution in [2.24, 2.45) is 0 Å². The molecule has 2 fully saturated rings. The lowest BCUT2D eigenvalue weighted by molar-refractivity contribution is -0.193. The predicted molar refractivity (Wildman–Crippen MR) is 123 cm³/mol. The molecule has 0 aliphatic carbocycles. The largest absolute Gasteiger partial charge is 0.490 e. The Labute approximate surface area is 220 Å². The molecule has 218 valence electrons. The SMILES string of the molecule is Cc1ccc(CN2C[C@@H](N(C)Cc3cccnc3)[C@H]3OCCC[C@H]32)o1.O=C(O)C(F)(F)F.O=C(O)C(F)(F)F. The fraction of sp³-hybridized carbons (Fsp3) is 0.542. The van der Waals surface area contributed by atoms with Gasteiger partial charge in [0.25, 0.3) is 0 Å². The number of aromatic nitrogens is 1. The van der Waals surface area contributed by atoms with Gasteiger partial charge in [0.2, 0.25) is 0 Å². The molecule has 4 rings (SSSR count). The Balaban J connectivity index is 0.000000317.